The van der Waals surface area contributed by atoms with Crippen molar-refractivity contribution in [1.29, 1.82) is 0 Å². The summed E-state index contributed by atoms with van der Waals surface area (Å²) in [5, 5.41) is 4.93. The maximum Gasteiger partial charge on any atom is 0.134 e. The number of nitrogens with zero attached hydrogens (tertiary/aromatic N) is 2. The van der Waals surface area contributed by atoms with Gasteiger partial charge < -0.3 is 5.32 Å². The molecule has 3 nitrogen and oxygen atoms in total. The van der Waals surface area contributed by atoms with Crippen LogP contribution < -0.4 is 5.32 Å². The van der Waals surface area contributed by atoms with E-state index < -0.39 is 0 Å². The summed E-state index contributed by atoms with van der Waals surface area (Å²) in [6.07, 6.45) is 0.774. The summed E-state index contributed by atoms with van der Waals surface area (Å²) < 4.78 is 0. The normalized spacial score (nSPS) is 10.5. The average Bonchev–Trinajstić information content (AvgIpc) is 2.30. The maximum absolute atomic E-state index is 6.10. The first-order valence-corrected chi connectivity index (χ1v) is 6.87. The smallest absolute Gasteiger partial charge is 0.134 e. The Morgan fingerprint density at radius 3 is 2.58 bits per heavy atom. The molecule has 0 aliphatic carbocycles. The molecule has 2 rings (SSSR count). The van der Waals surface area contributed by atoms with Gasteiger partial charge in [-0.15, -0.1) is 0 Å². The predicted molar refractivity (Wildman–Crippen MR) is 80.4 cm³/mol. The molecule has 0 saturated carbocycles. The van der Waals surface area contributed by atoms with E-state index >= 15 is 0 Å². The topological polar surface area (TPSA) is 37.8 Å². The van der Waals surface area contributed by atoms with E-state index in [1.165, 1.54) is 0 Å². The van der Waals surface area contributed by atoms with E-state index in [0.29, 0.717) is 33.4 Å². The second kappa shape index (κ2) is 6.42. The van der Waals surface area contributed by atoms with E-state index in [0.717, 1.165) is 12.0 Å². The third-order valence-electron chi connectivity index (χ3n) is 2.52. The lowest BCUT2D eigenvalue weighted by molar-refractivity contribution is 0.981. The molecule has 0 bridgehead atoms. The third kappa shape index (κ3) is 4.23. The molecule has 6 heteroatoms. The highest BCUT2D eigenvalue weighted by atomic mass is 35.5. The molecule has 0 amide bonds. The lowest BCUT2D eigenvalue weighted by atomic mass is 10.1. The van der Waals surface area contributed by atoms with Crippen molar-refractivity contribution in [2.24, 2.45) is 0 Å². The van der Waals surface area contributed by atoms with Crippen LogP contribution in [0.2, 0.25) is 15.2 Å². The van der Waals surface area contributed by atoms with Gasteiger partial charge in [0.15, 0.2) is 0 Å². The van der Waals surface area contributed by atoms with Gasteiger partial charge in [-0.1, -0.05) is 40.9 Å². The van der Waals surface area contributed by atoms with Crippen LogP contribution in [-0.4, -0.2) is 16.5 Å². The zero-order valence-electron chi connectivity index (χ0n) is 10.3. The number of aryl methyl sites for hydroxylation is 1. The van der Waals surface area contributed by atoms with E-state index in [1.54, 1.807) is 19.1 Å². The fourth-order valence-electron chi connectivity index (χ4n) is 1.67. The zero-order chi connectivity index (χ0) is 13.8. The first-order chi connectivity index (χ1) is 9.04. The van der Waals surface area contributed by atoms with Crippen LogP contribution in [0.25, 0.3) is 0 Å². The Balaban J connectivity index is 1.96. The van der Waals surface area contributed by atoms with E-state index in [2.05, 4.69) is 15.3 Å². The molecule has 1 aromatic carbocycles. The molecule has 0 saturated heterocycles. The van der Waals surface area contributed by atoms with Crippen molar-refractivity contribution >= 4 is 40.6 Å². The van der Waals surface area contributed by atoms with Gasteiger partial charge in [0.25, 0.3) is 0 Å². The molecule has 0 atom stereocenters. The minimum atomic E-state index is 0.430. The van der Waals surface area contributed by atoms with Crippen molar-refractivity contribution in [3.8, 4) is 0 Å². The molecule has 1 aromatic heterocycles. The van der Waals surface area contributed by atoms with Gasteiger partial charge in [0.1, 0.15) is 16.8 Å². The van der Waals surface area contributed by atoms with Gasteiger partial charge in [-0.25, -0.2) is 9.97 Å². The first-order valence-electron chi connectivity index (χ1n) is 5.73. The summed E-state index contributed by atoms with van der Waals surface area (Å²) in [4.78, 5) is 8.24. The Kier molecular flexibility index (Phi) is 4.86. The summed E-state index contributed by atoms with van der Waals surface area (Å²) >= 11 is 17.8. The molecular weight excluding hydrogens is 305 g/mol. The van der Waals surface area contributed by atoms with Crippen LogP contribution in [0.3, 0.4) is 0 Å². The van der Waals surface area contributed by atoms with Gasteiger partial charge in [0.2, 0.25) is 0 Å². The van der Waals surface area contributed by atoms with Crippen LogP contribution in [0.15, 0.2) is 24.3 Å². The van der Waals surface area contributed by atoms with Crippen molar-refractivity contribution < 1.29 is 0 Å². The Morgan fingerprint density at radius 2 is 1.89 bits per heavy atom. The molecule has 0 spiro atoms. The van der Waals surface area contributed by atoms with Crippen molar-refractivity contribution in [3.63, 3.8) is 0 Å². The Hall–Kier alpha value is -1.03. The molecule has 0 radical (unpaired) electrons. The number of aromatic nitrogens is 2. The van der Waals surface area contributed by atoms with E-state index in [9.17, 15) is 0 Å². The molecule has 0 aliphatic heterocycles. The largest absolute Gasteiger partial charge is 0.370 e. The summed E-state index contributed by atoms with van der Waals surface area (Å²) in [6.45, 7) is 2.50. The number of hydrogen-bond donors (Lipinski definition) is 1. The Morgan fingerprint density at radius 1 is 1.11 bits per heavy atom. The van der Waals surface area contributed by atoms with Crippen molar-refractivity contribution in [2.45, 2.75) is 13.3 Å². The predicted octanol–water partition coefficient (Wildman–Crippen LogP) is 4.40. The Bertz CT molecular complexity index is 567. The molecular formula is C13H12Cl3N3. The molecule has 1 N–H and O–H groups in total. The van der Waals surface area contributed by atoms with E-state index in [1.807, 2.05) is 12.1 Å². The van der Waals surface area contributed by atoms with Crippen LogP contribution in [0.4, 0.5) is 5.82 Å². The molecule has 0 fully saturated rings. The number of halogens is 3. The minimum absolute atomic E-state index is 0.430. The molecule has 100 valence electrons. The van der Waals surface area contributed by atoms with Crippen molar-refractivity contribution in [3.05, 3.63) is 50.9 Å². The molecule has 0 aliphatic rings. The van der Waals surface area contributed by atoms with Gasteiger partial charge in [0, 0.05) is 22.7 Å². The van der Waals surface area contributed by atoms with Gasteiger partial charge in [-0.05, 0) is 31.0 Å². The number of benzene rings is 1. The van der Waals surface area contributed by atoms with Crippen molar-refractivity contribution in [2.75, 3.05) is 11.9 Å². The standard InChI is InChI=1S/C13H12Cl3N3/c1-8-18-12(16)7-13(19-8)17-5-4-9-2-3-10(14)6-11(9)15/h2-3,6-7H,4-5H2,1H3,(H,17,18,19). The minimum Gasteiger partial charge on any atom is -0.370 e. The fourth-order valence-corrected chi connectivity index (χ4v) is 2.40. The lowest BCUT2D eigenvalue weighted by Gasteiger charge is -2.08. The van der Waals surface area contributed by atoms with Gasteiger partial charge in [-0.3, -0.25) is 0 Å². The van der Waals surface area contributed by atoms with Crippen LogP contribution >= 0.6 is 34.8 Å². The highest BCUT2D eigenvalue weighted by Crippen LogP contribution is 2.21. The Labute approximate surface area is 126 Å². The maximum atomic E-state index is 6.10. The highest BCUT2D eigenvalue weighted by molar-refractivity contribution is 6.35. The monoisotopic (exact) mass is 315 g/mol. The molecule has 19 heavy (non-hydrogen) atoms. The number of nitrogens with one attached hydrogen (secondary N) is 1. The van der Waals surface area contributed by atoms with Crippen LogP contribution in [0.1, 0.15) is 11.4 Å². The number of hydrogen-bond acceptors (Lipinski definition) is 3. The third-order valence-corrected chi connectivity index (χ3v) is 3.30. The average molecular weight is 317 g/mol. The summed E-state index contributed by atoms with van der Waals surface area (Å²) in [5.74, 6) is 1.35. The van der Waals surface area contributed by atoms with Crippen LogP contribution in [0, 0.1) is 6.92 Å². The second-order valence-electron chi connectivity index (χ2n) is 4.04. The van der Waals surface area contributed by atoms with E-state index in [4.69, 9.17) is 34.8 Å². The van der Waals surface area contributed by atoms with Crippen molar-refractivity contribution in [1.82, 2.24) is 9.97 Å². The first kappa shape index (κ1) is 14.4. The summed E-state index contributed by atoms with van der Waals surface area (Å²) in [7, 11) is 0. The lowest BCUT2D eigenvalue weighted by Crippen LogP contribution is -2.07. The quantitative estimate of drug-likeness (QED) is 0.850. The SMILES string of the molecule is Cc1nc(Cl)cc(NCCc2ccc(Cl)cc2Cl)n1. The molecule has 1 heterocycles. The summed E-state index contributed by atoms with van der Waals surface area (Å²) in [6, 6.07) is 7.18. The van der Waals surface area contributed by atoms with Crippen LogP contribution in [0.5, 0.6) is 0 Å². The second-order valence-corrected chi connectivity index (χ2v) is 5.27. The zero-order valence-corrected chi connectivity index (χ0v) is 12.5. The van der Waals surface area contributed by atoms with Gasteiger partial charge in [0.05, 0.1) is 0 Å². The highest BCUT2D eigenvalue weighted by Gasteiger charge is 2.03. The fraction of sp³-hybridized carbons (Fsp3) is 0.231. The number of rotatable bonds is 4. The molecule has 2 aromatic rings. The summed E-state index contributed by atoms with van der Waals surface area (Å²) in [5.41, 5.74) is 1.04. The van der Waals surface area contributed by atoms with Gasteiger partial charge in [-0.2, -0.15) is 0 Å². The van der Waals surface area contributed by atoms with Crippen LogP contribution in [-0.2, 0) is 6.42 Å². The van der Waals surface area contributed by atoms with E-state index in [-0.39, 0.29) is 0 Å². The number of anilines is 1. The van der Waals surface area contributed by atoms with Gasteiger partial charge >= 0.3 is 0 Å². The molecule has 0 unspecified atom stereocenters.